The molecule has 1 aromatic carbocycles. The van der Waals surface area contributed by atoms with Gasteiger partial charge in [0, 0.05) is 11.6 Å². The van der Waals surface area contributed by atoms with Crippen molar-refractivity contribution in [3.63, 3.8) is 0 Å². The molecule has 2 aromatic rings. The third kappa shape index (κ3) is 1.97. The van der Waals surface area contributed by atoms with Crippen LogP contribution in [0.25, 0.3) is 10.8 Å². The normalized spacial score (nSPS) is 12.3. The molecule has 3 heteroatoms. The minimum Gasteiger partial charge on any atom is -0.351 e. The van der Waals surface area contributed by atoms with Crippen molar-refractivity contribution in [1.29, 1.82) is 0 Å². The predicted octanol–water partition coefficient (Wildman–Crippen LogP) is 2.12. The fourth-order valence-corrected chi connectivity index (χ4v) is 1.45. The van der Waals surface area contributed by atoms with Crippen LogP contribution in [-0.4, -0.2) is 11.1 Å². The van der Waals surface area contributed by atoms with Crippen molar-refractivity contribution in [3.05, 3.63) is 49.2 Å². The average Bonchev–Trinajstić information content (AvgIpc) is 2.29. The van der Waals surface area contributed by atoms with Crippen molar-refractivity contribution < 1.29 is 0 Å². The third-order valence-electron chi connectivity index (χ3n) is 2.23. The zero-order chi connectivity index (χ0) is 10.7. The first-order valence-corrected chi connectivity index (χ1v) is 4.79. The molecule has 1 heterocycles. The van der Waals surface area contributed by atoms with Gasteiger partial charge < -0.3 is 11.1 Å². The van der Waals surface area contributed by atoms with Gasteiger partial charge in [0.05, 0.1) is 6.17 Å². The summed E-state index contributed by atoms with van der Waals surface area (Å²) >= 11 is 0. The monoisotopic (exact) mass is 199 g/mol. The summed E-state index contributed by atoms with van der Waals surface area (Å²) < 4.78 is 0. The van der Waals surface area contributed by atoms with Crippen LogP contribution < -0.4 is 11.1 Å². The largest absolute Gasteiger partial charge is 0.351 e. The lowest BCUT2D eigenvalue weighted by Gasteiger charge is -2.11. The maximum absolute atomic E-state index is 5.73. The Morgan fingerprint density at radius 3 is 2.93 bits per heavy atom. The summed E-state index contributed by atoms with van der Waals surface area (Å²) in [7, 11) is 0. The Morgan fingerprint density at radius 2 is 2.13 bits per heavy atom. The van der Waals surface area contributed by atoms with Crippen LogP contribution in [0.5, 0.6) is 0 Å². The molecule has 0 spiro atoms. The van der Waals surface area contributed by atoms with Gasteiger partial charge in [-0.05, 0) is 11.5 Å². The molecule has 2 rings (SSSR count). The lowest BCUT2D eigenvalue weighted by molar-refractivity contribution is 0.936. The lowest BCUT2D eigenvalue weighted by Crippen LogP contribution is -2.27. The van der Waals surface area contributed by atoms with Crippen molar-refractivity contribution in [2.75, 3.05) is 5.32 Å². The van der Waals surface area contributed by atoms with Gasteiger partial charge in [0.15, 0.2) is 0 Å². The second-order valence-electron chi connectivity index (χ2n) is 3.29. The van der Waals surface area contributed by atoms with E-state index in [2.05, 4.69) is 16.9 Å². The van der Waals surface area contributed by atoms with Crippen LogP contribution in [-0.2, 0) is 0 Å². The van der Waals surface area contributed by atoms with Crippen molar-refractivity contribution in [1.82, 2.24) is 4.98 Å². The Bertz CT molecular complexity index is 474. The predicted molar refractivity (Wildman–Crippen MR) is 63.5 cm³/mol. The van der Waals surface area contributed by atoms with Gasteiger partial charge in [-0.2, -0.15) is 0 Å². The molecule has 0 amide bonds. The zero-order valence-corrected chi connectivity index (χ0v) is 8.35. The van der Waals surface area contributed by atoms with Crippen LogP contribution in [0.3, 0.4) is 0 Å². The molecule has 1 aromatic heterocycles. The van der Waals surface area contributed by atoms with Gasteiger partial charge in [-0.3, -0.25) is 0 Å². The highest BCUT2D eigenvalue weighted by Crippen LogP contribution is 2.20. The molecule has 0 aliphatic heterocycles. The number of rotatable bonds is 3. The fraction of sp³-hybridized carbons (Fsp3) is 0.0833. The van der Waals surface area contributed by atoms with Gasteiger partial charge in [0.1, 0.15) is 5.82 Å². The maximum atomic E-state index is 5.73. The van der Waals surface area contributed by atoms with Gasteiger partial charge in [0.2, 0.25) is 0 Å². The van der Waals surface area contributed by atoms with Crippen LogP contribution in [0, 0.1) is 0 Å². The van der Waals surface area contributed by atoms with Gasteiger partial charge in [-0.25, -0.2) is 4.98 Å². The summed E-state index contributed by atoms with van der Waals surface area (Å²) in [6.45, 7) is 3.62. The molecule has 0 fully saturated rings. The van der Waals surface area contributed by atoms with E-state index in [1.165, 1.54) is 0 Å². The molecule has 0 aliphatic carbocycles. The molecule has 3 N–H and O–H groups in total. The summed E-state index contributed by atoms with van der Waals surface area (Å²) in [4.78, 5) is 4.26. The first-order chi connectivity index (χ1) is 7.31. The first-order valence-electron chi connectivity index (χ1n) is 4.79. The fourth-order valence-electron chi connectivity index (χ4n) is 1.45. The van der Waals surface area contributed by atoms with E-state index in [1.807, 2.05) is 30.3 Å². The number of nitrogens with zero attached hydrogens (tertiary/aromatic N) is 1. The van der Waals surface area contributed by atoms with Gasteiger partial charge in [-0.1, -0.05) is 36.9 Å². The van der Waals surface area contributed by atoms with Crippen molar-refractivity contribution in [3.8, 4) is 0 Å². The number of nitrogens with two attached hydrogens (primary N) is 1. The Balaban J connectivity index is 2.46. The lowest BCUT2D eigenvalue weighted by atomic mass is 10.1. The summed E-state index contributed by atoms with van der Waals surface area (Å²) in [6.07, 6.45) is 3.13. The molecule has 3 nitrogen and oxygen atoms in total. The van der Waals surface area contributed by atoms with E-state index in [4.69, 9.17) is 5.73 Å². The molecule has 0 saturated heterocycles. The van der Waals surface area contributed by atoms with Crippen LogP contribution >= 0.6 is 0 Å². The highest BCUT2D eigenvalue weighted by Gasteiger charge is 2.02. The van der Waals surface area contributed by atoms with E-state index in [9.17, 15) is 0 Å². The Morgan fingerprint density at radius 1 is 1.33 bits per heavy atom. The van der Waals surface area contributed by atoms with Crippen LogP contribution in [0.2, 0.25) is 0 Å². The number of hydrogen-bond donors (Lipinski definition) is 2. The molecule has 0 radical (unpaired) electrons. The molecule has 76 valence electrons. The quantitative estimate of drug-likeness (QED) is 0.588. The molecular formula is C12H13N3. The highest BCUT2D eigenvalue weighted by molar-refractivity contribution is 5.91. The summed E-state index contributed by atoms with van der Waals surface area (Å²) in [6, 6.07) is 10.0. The Kier molecular flexibility index (Phi) is 2.65. The van der Waals surface area contributed by atoms with Gasteiger partial charge in [0.25, 0.3) is 0 Å². The minimum absolute atomic E-state index is 0.275. The molecule has 0 aliphatic rings. The molecule has 15 heavy (non-hydrogen) atoms. The van der Waals surface area contributed by atoms with E-state index in [0.717, 1.165) is 16.6 Å². The number of anilines is 1. The summed E-state index contributed by atoms with van der Waals surface area (Å²) in [5.41, 5.74) is 5.73. The Labute approximate surface area is 88.6 Å². The van der Waals surface area contributed by atoms with E-state index in [-0.39, 0.29) is 6.17 Å². The zero-order valence-electron chi connectivity index (χ0n) is 8.35. The highest BCUT2D eigenvalue weighted by atomic mass is 15.1. The number of nitrogens with one attached hydrogen (secondary N) is 1. The topological polar surface area (TPSA) is 50.9 Å². The van der Waals surface area contributed by atoms with Crippen molar-refractivity contribution >= 4 is 16.6 Å². The van der Waals surface area contributed by atoms with E-state index < -0.39 is 0 Å². The molecule has 0 bridgehead atoms. The van der Waals surface area contributed by atoms with Crippen LogP contribution in [0.1, 0.15) is 0 Å². The number of fused-ring (bicyclic) bond motifs is 1. The summed E-state index contributed by atoms with van der Waals surface area (Å²) in [5.74, 6) is 0.792. The molecule has 1 atom stereocenters. The van der Waals surface area contributed by atoms with E-state index in [0.29, 0.717) is 0 Å². The minimum atomic E-state index is -0.275. The van der Waals surface area contributed by atoms with E-state index in [1.54, 1.807) is 12.3 Å². The number of hydrogen-bond acceptors (Lipinski definition) is 3. The third-order valence-corrected chi connectivity index (χ3v) is 2.23. The van der Waals surface area contributed by atoms with Crippen LogP contribution in [0.4, 0.5) is 5.82 Å². The summed E-state index contributed by atoms with van der Waals surface area (Å²) in [5, 5.41) is 5.29. The van der Waals surface area contributed by atoms with Crippen LogP contribution in [0.15, 0.2) is 49.2 Å². The second-order valence-corrected chi connectivity index (χ2v) is 3.29. The van der Waals surface area contributed by atoms with Gasteiger partial charge >= 0.3 is 0 Å². The average molecular weight is 199 g/mol. The first kappa shape index (κ1) is 9.68. The number of benzene rings is 1. The number of aromatic nitrogens is 1. The molecular weight excluding hydrogens is 186 g/mol. The molecule has 0 saturated carbocycles. The molecule has 1 unspecified atom stereocenters. The number of pyridine rings is 1. The van der Waals surface area contributed by atoms with Crippen molar-refractivity contribution in [2.24, 2.45) is 5.73 Å². The Hall–Kier alpha value is -1.87. The van der Waals surface area contributed by atoms with Crippen molar-refractivity contribution in [2.45, 2.75) is 6.17 Å². The second kappa shape index (κ2) is 4.11. The van der Waals surface area contributed by atoms with Gasteiger partial charge in [-0.15, -0.1) is 0 Å². The standard InChI is InChI=1S/C12H13N3/c1-2-11(13)15-12-10-6-4-3-5-9(10)7-8-14-12/h2-8,11H,1,13H2,(H,14,15). The smallest absolute Gasteiger partial charge is 0.135 e. The maximum Gasteiger partial charge on any atom is 0.135 e. The SMILES string of the molecule is C=CC(N)Nc1nccc2ccccc12. The van der Waals surface area contributed by atoms with E-state index >= 15 is 0 Å².